The molecule has 5 aromatic rings. The molecule has 0 spiro atoms. The van der Waals surface area contributed by atoms with Crippen LogP contribution in [0, 0.1) is 11.3 Å². The largest absolute Gasteiger partial charge is 0.351 e. The molecule has 6 rings (SSSR count). The zero-order valence-electron chi connectivity index (χ0n) is 32.2. The van der Waals surface area contributed by atoms with Gasteiger partial charge in [0, 0.05) is 36.3 Å². The van der Waals surface area contributed by atoms with E-state index in [1.54, 1.807) is 36.5 Å². The van der Waals surface area contributed by atoms with Crippen LogP contribution in [0.2, 0.25) is 0 Å². The summed E-state index contributed by atoms with van der Waals surface area (Å²) >= 11 is 0. The quantitative estimate of drug-likeness (QED) is 0.0548. The Kier molecular flexibility index (Phi) is 13.9. The van der Waals surface area contributed by atoms with Gasteiger partial charge in [-0.25, -0.2) is 9.46 Å². The number of hydrogen-bond donors (Lipinski definition) is 2. The molecule has 2 heterocycles. The van der Waals surface area contributed by atoms with Crippen molar-refractivity contribution in [2.45, 2.75) is 76.5 Å². The molecule has 1 aliphatic rings. The van der Waals surface area contributed by atoms with Crippen molar-refractivity contribution in [2.75, 3.05) is 18.5 Å². The zero-order valence-corrected chi connectivity index (χ0v) is 33.1. The number of benzene rings is 4. The SMILES string of the molecule is CC(C)N(C(C)C)P(OCCC#N)OCC1OC(n2ccc(NC(=O)c3ccccc3)nc2=O)CC1NC(c1ccccc1)(c1ccccc1)c1ccccc1. The molecule has 1 aromatic heterocycles. The van der Waals surface area contributed by atoms with Crippen LogP contribution in [0.5, 0.6) is 0 Å². The summed E-state index contributed by atoms with van der Waals surface area (Å²) < 4.78 is 23.4. The number of aromatic nitrogens is 2. The summed E-state index contributed by atoms with van der Waals surface area (Å²) in [6, 6.07) is 43.3. The first-order valence-electron chi connectivity index (χ1n) is 19.0. The molecule has 12 heteroatoms. The minimum absolute atomic E-state index is 0.113. The summed E-state index contributed by atoms with van der Waals surface area (Å²) in [4.78, 5) is 30.7. The van der Waals surface area contributed by atoms with Crippen molar-refractivity contribution in [3.63, 3.8) is 0 Å². The van der Waals surface area contributed by atoms with E-state index >= 15 is 0 Å². The second-order valence-corrected chi connectivity index (χ2v) is 15.6. The van der Waals surface area contributed by atoms with Crippen LogP contribution >= 0.6 is 8.53 Å². The van der Waals surface area contributed by atoms with Crippen LogP contribution in [0.15, 0.2) is 138 Å². The summed E-state index contributed by atoms with van der Waals surface area (Å²) in [5.41, 5.74) is 2.17. The highest BCUT2D eigenvalue weighted by Crippen LogP contribution is 2.47. The maximum atomic E-state index is 13.7. The maximum Gasteiger partial charge on any atom is 0.351 e. The first-order chi connectivity index (χ1) is 27.2. The zero-order chi connectivity index (χ0) is 39.5. The van der Waals surface area contributed by atoms with Gasteiger partial charge in [0.25, 0.3) is 14.4 Å². The normalized spacial score (nSPS) is 17.6. The van der Waals surface area contributed by atoms with Crippen molar-refractivity contribution in [1.29, 1.82) is 5.26 Å². The Morgan fingerprint density at radius 3 is 1.91 bits per heavy atom. The molecule has 0 bridgehead atoms. The highest BCUT2D eigenvalue weighted by atomic mass is 31.2. The second-order valence-electron chi connectivity index (χ2n) is 14.1. The first-order valence-corrected chi connectivity index (χ1v) is 20.1. The Bertz CT molecular complexity index is 1990. The number of nitrogens with zero attached hydrogens (tertiary/aromatic N) is 4. The molecule has 1 fully saturated rings. The molecule has 1 saturated heterocycles. The highest BCUT2D eigenvalue weighted by molar-refractivity contribution is 7.44. The summed E-state index contributed by atoms with van der Waals surface area (Å²) in [5, 5.41) is 16.1. The van der Waals surface area contributed by atoms with Gasteiger partial charge < -0.3 is 19.1 Å². The van der Waals surface area contributed by atoms with E-state index in [0.29, 0.717) is 12.0 Å². The second kappa shape index (κ2) is 19.2. The predicted molar refractivity (Wildman–Crippen MR) is 219 cm³/mol. The topological polar surface area (TPSA) is 131 Å². The molecule has 290 valence electrons. The van der Waals surface area contributed by atoms with E-state index in [-0.39, 0.29) is 49.5 Å². The van der Waals surface area contributed by atoms with Crippen LogP contribution in [-0.2, 0) is 19.3 Å². The van der Waals surface area contributed by atoms with E-state index in [2.05, 4.69) is 90.5 Å². The van der Waals surface area contributed by atoms with E-state index in [1.807, 2.05) is 60.7 Å². The number of carbonyl (C=O) groups is 1. The number of amides is 1. The van der Waals surface area contributed by atoms with E-state index in [0.717, 1.165) is 16.7 Å². The molecule has 1 aliphatic heterocycles. The van der Waals surface area contributed by atoms with Crippen molar-refractivity contribution in [3.8, 4) is 6.07 Å². The van der Waals surface area contributed by atoms with Gasteiger partial charge in [0.05, 0.1) is 37.3 Å². The van der Waals surface area contributed by atoms with Crippen LogP contribution in [0.25, 0.3) is 0 Å². The average molecular weight is 773 g/mol. The molecule has 0 radical (unpaired) electrons. The van der Waals surface area contributed by atoms with E-state index in [9.17, 15) is 14.9 Å². The number of hydrogen-bond acceptors (Lipinski definition) is 9. The Balaban J connectivity index is 1.37. The van der Waals surface area contributed by atoms with Crippen LogP contribution < -0.4 is 16.3 Å². The van der Waals surface area contributed by atoms with Crippen molar-refractivity contribution in [3.05, 3.63) is 166 Å². The molecule has 11 nitrogen and oxygen atoms in total. The number of anilines is 1. The van der Waals surface area contributed by atoms with Crippen LogP contribution in [-0.4, -0.2) is 57.6 Å². The monoisotopic (exact) mass is 772 g/mol. The number of carbonyl (C=O) groups excluding carboxylic acids is 1. The number of nitriles is 1. The van der Waals surface area contributed by atoms with Crippen molar-refractivity contribution < 1.29 is 18.6 Å². The molecule has 4 unspecified atom stereocenters. The fourth-order valence-electron chi connectivity index (χ4n) is 7.23. The molecule has 0 saturated carbocycles. The Morgan fingerprint density at radius 2 is 1.41 bits per heavy atom. The molecular formula is C44H49N6O5P. The molecule has 1 amide bonds. The number of ether oxygens (including phenoxy) is 1. The number of rotatable bonds is 17. The minimum atomic E-state index is -1.57. The third kappa shape index (κ3) is 9.48. The summed E-state index contributed by atoms with van der Waals surface area (Å²) in [5.74, 6) is -0.218. The lowest BCUT2D eigenvalue weighted by Crippen LogP contribution is -2.53. The van der Waals surface area contributed by atoms with E-state index < -0.39 is 32.1 Å². The first kappa shape index (κ1) is 40.6. The lowest BCUT2D eigenvalue weighted by atomic mass is 9.76. The Hall–Kier alpha value is -5.05. The smallest absolute Gasteiger partial charge is 0.351 e. The molecular weight excluding hydrogens is 723 g/mol. The van der Waals surface area contributed by atoms with E-state index in [4.69, 9.17) is 13.8 Å². The summed E-state index contributed by atoms with van der Waals surface area (Å²) in [6.07, 6.45) is 0.980. The Morgan fingerprint density at radius 1 is 0.875 bits per heavy atom. The maximum absolute atomic E-state index is 13.7. The standard InChI is InChI=1S/C44H49N6O5P/c1-32(2)50(33(3)4)56(53-29-17-27-45)54-31-39-38(30-41(55-39)49-28-26-40(47-43(49)52)46-42(51)34-18-9-5-10-19-34)48-44(35-20-11-6-12-21-35,36-22-13-7-14-23-36)37-24-15-8-16-25-37/h5-16,18-26,28,32-33,38-39,41,48H,17,29-31H2,1-4H3,(H,46,47,51,52). The van der Waals surface area contributed by atoms with Gasteiger partial charge >= 0.3 is 5.69 Å². The van der Waals surface area contributed by atoms with Gasteiger partial charge in [-0.1, -0.05) is 109 Å². The van der Waals surface area contributed by atoms with Gasteiger partial charge in [0.1, 0.15) is 12.0 Å². The molecule has 0 aliphatic carbocycles. The fraction of sp³-hybridized carbons (Fsp3) is 0.318. The van der Waals surface area contributed by atoms with Gasteiger partial charge in [-0.2, -0.15) is 10.2 Å². The third-order valence-corrected chi connectivity index (χ3v) is 11.8. The van der Waals surface area contributed by atoms with Crippen molar-refractivity contribution >= 4 is 20.3 Å². The van der Waals surface area contributed by atoms with Crippen LogP contribution in [0.3, 0.4) is 0 Å². The average Bonchev–Trinajstić information content (AvgIpc) is 3.61. The van der Waals surface area contributed by atoms with Gasteiger partial charge in [-0.15, -0.1) is 0 Å². The third-order valence-electron chi connectivity index (χ3n) is 9.69. The summed E-state index contributed by atoms with van der Waals surface area (Å²) in [6.45, 7) is 8.76. The van der Waals surface area contributed by atoms with Crippen molar-refractivity contribution in [2.24, 2.45) is 0 Å². The predicted octanol–water partition coefficient (Wildman–Crippen LogP) is 8.03. The van der Waals surface area contributed by atoms with Gasteiger partial charge in [0.2, 0.25) is 0 Å². The summed E-state index contributed by atoms with van der Waals surface area (Å²) in [7, 11) is -1.57. The Labute approximate surface area is 330 Å². The minimum Gasteiger partial charge on any atom is -0.351 e. The van der Waals surface area contributed by atoms with Gasteiger partial charge in [0.15, 0.2) is 0 Å². The van der Waals surface area contributed by atoms with Crippen LogP contribution in [0.1, 0.15) is 73.8 Å². The number of nitrogens with one attached hydrogen (secondary N) is 2. The lowest BCUT2D eigenvalue weighted by Gasteiger charge is -2.40. The molecule has 4 aromatic carbocycles. The highest BCUT2D eigenvalue weighted by Gasteiger charge is 2.45. The lowest BCUT2D eigenvalue weighted by molar-refractivity contribution is -0.0277. The van der Waals surface area contributed by atoms with Gasteiger partial charge in [-0.3, -0.25) is 14.7 Å². The van der Waals surface area contributed by atoms with Crippen molar-refractivity contribution in [1.82, 2.24) is 19.5 Å². The molecule has 56 heavy (non-hydrogen) atoms. The fourth-order valence-corrected chi connectivity index (χ4v) is 8.85. The van der Waals surface area contributed by atoms with Gasteiger partial charge in [-0.05, 0) is 62.6 Å². The van der Waals surface area contributed by atoms with E-state index in [1.165, 1.54) is 4.57 Å². The molecule has 2 N–H and O–H groups in total. The van der Waals surface area contributed by atoms with Crippen LogP contribution in [0.4, 0.5) is 5.82 Å². The molecule has 4 atom stereocenters.